The molecule has 0 heterocycles. The molecule has 3 N–H and O–H groups in total. The summed E-state index contributed by atoms with van der Waals surface area (Å²) >= 11 is 6.10. The van der Waals surface area contributed by atoms with Gasteiger partial charge in [0.2, 0.25) is 0 Å². The van der Waals surface area contributed by atoms with Gasteiger partial charge in [-0.1, -0.05) is 35.9 Å². The summed E-state index contributed by atoms with van der Waals surface area (Å²) in [6, 6.07) is 13.6. The quantitative estimate of drug-likeness (QED) is 0.396. The molecule has 3 aromatic rings. The number of benzene rings is 3. The number of rotatable bonds is 7. The molecule has 0 aliphatic heterocycles. The number of carboxylic acid groups (broad SMARTS) is 1. The van der Waals surface area contributed by atoms with E-state index >= 15 is 0 Å². The third kappa shape index (κ3) is 5.68. The van der Waals surface area contributed by atoms with Crippen LogP contribution in [-0.4, -0.2) is 23.0 Å². The number of anilines is 1. The van der Waals surface area contributed by atoms with Crippen molar-refractivity contribution in [1.29, 1.82) is 0 Å². The summed E-state index contributed by atoms with van der Waals surface area (Å²) in [4.78, 5) is 23.0. The van der Waals surface area contributed by atoms with Gasteiger partial charge < -0.3 is 15.7 Å². The van der Waals surface area contributed by atoms with E-state index in [1.807, 2.05) is 38.1 Å². The molecule has 5 nitrogen and oxygen atoms in total. The Bertz CT molecular complexity index is 1190. The first-order valence-corrected chi connectivity index (χ1v) is 10.6. The van der Waals surface area contributed by atoms with Crippen molar-refractivity contribution in [2.45, 2.75) is 32.9 Å². The van der Waals surface area contributed by atoms with Crippen molar-refractivity contribution < 1.29 is 23.5 Å². The molecule has 0 aliphatic rings. The van der Waals surface area contributed by atoms with Crippen molar-refractivity contribution in [3.8, 4) is 11.1 Å². The SMILES string of the molecule is Cc1cc(C(C)Nc2cccc(-c3cc(F)c(C(=O)N[C@@H](C)C(=O)O)c(F)c3)c2)ccc1Cl. The number of carbonyl (C=O) groups excluding carboxylic acids is 1. The third-order valence-electron chi connectivity index (χ3n) is 5.25. The Hall–Kier alpha value is -3.45. The highest BCUT2D eigenvalue weighted by Gasteiger charge is 2.23. The second kappa shape index (κ2) is 10.0. The Morgan fingerprint density at radius 1 is 0.970 bits per heavy atom. The average Bonchev–Trinajstić information content (AvgIpc) is 2.75. The zero-order valence-corrected chi connectivity index (χ0v) is 19.0. The second-order valence-corrected chi connectivity index (χ2v) is 8.21. The molecule has 0 saturated heterocycles. The lowest BCUT2D eigenvalue weighted by Crippen LogP contribution is -2.39. The number of carbonyl (C=O) groups is 2. The fourth-order valence-corrected chi connectivity index (χ4v) is 3.46. The van der Waals surface area contributed by atoms with Gasteiger partial charge in [-0.2, -0.15) is 0 Å². The summed E-state index contributed by atoms with van der Waals surface area (Å²) in [5.74, 6) is -4.60. The van der Waals surface area contributed by atoms with Gasteiger partial charge in [0.15, 0.2) is 0 Å². The summed E-state index contributed by atoms with van der Waals surface area (Å²) in [5.41, 5.74) is 2.70. The lowest BCUT2D eigenvalue weighted by molar-refractivity contribution is -0.138. The van der Waals surface area contributed by atoms with Crippen LogP contribution in [0.1, 0.15) is 41.4 Å². The van der Waals surface area contributed by atoms with Crippen LogP contribution >= 0.6 is 11.6 Å². The van der Waals surface area contributed by atoms with Crippen molar-refractivity contribution in [3.63, 3.8) is 0 Å². The fourth-order valence-electron chi connectivity index (χ4n) is 3.35. The molecule has 0 spiro atoms. The van der Waals surface area contributed by atoms with Gasteiger partial charge in [0.1, 0.15) is 23.2 Å². The number of halogens is 3. The molecule has 0 aliphatic carbocycles. The standard InChI is InChI=1S/C25H23ClF2N2O3/c1-13-9-16(7-8-20(13)26)14(2)29-19-6-4-5-17(10-19)18-11-21(27)23(22(28)12-18)24(31)30-15(3)25(32)33/h4-12,14-15,29H,1-3H3,(H,30,31)(H,32,33)/t14?,15-/m0/s1. The summed E-state index contributed by atoms with van der Waals surface area (Å²) in [6.07, 6.45) is 0. The van der Waals surface area contributed by atoms with Gasteiger partial charge in [-0.05, 0) is 73.4 Å². The fraction of sp³-hybridized carbons (Fsp3) is 0.200. The van der Waals surface area contributed by atoms with E-state index in [0.29, 0.717) is 10.6 Å². The molecular formula is C25H23ClF2N2O3. The second-order valence-electron chi connectivity index (χ2n) is 7.80. The number of amides is 1. The Labute approximate surface area is 195 Å². The number of aliphatic carboxylic acids is 1. The highest BCUT2D eigenvalue weighted by Crippen LogP contribution is 2.29. The molecule has 0 radical (unpaired) electrons. The highest BCUT2D eigenvalue weighted by atomic mass is 35.5. The summed E-state index contributed by atoms with van der Waals surface area (Å²) in [6.45, 7) is 5.12. The van der Waals surface area contributed by atoms with E-state index in [1.54, 1.807) is 18.2 Å². The van der Waals surface area contributed by atoms with Crippen LogP contribution in [0.2, 0.25) is 5.02 Å². The molecule has 0 fully saturated rings. The van der Waals surface area contributed by atoms with Crippen LogP contribution < -0.4 is 10.6 Å². The molecule has 172 valence electrons. The molecular weight excluding hydrogens is 450 g/mol. The van der Waals surface area contributed by atoms with Crippen molar-refractivity contribution in [2.24, 2.45) is 0 Å². The molecule has 0 saturated carbocycles. The van der Waals surface area contributed by atoms with Crippen LogP contribution in [0.5, 0.6) is 0 Å². The van der Waals surface area contributed by atoms with Crippen LogP contribution in [0.25, 0.3) is 11.1 Å². The average molecular weight is 473 g/mol. The minimum absolute atomic E-state index is 0.0491. The lowest BCUT2D eigenvalue weighted by Gasteiger charge is -2.17. The first-order valence-electron chi connectivity index (χ1n) is 10.2. The predicted molar refractivity (Wildman–Crippen MR) is 125 cm³/mol. The van der Waals surface area contributed by atoms with E-state index < -0.39 is 35.1 Å². The topological polar surface area (TPSA) is 78.4 Å². The van der Waals surface area contributed by atoms with Gasteiger partial charge in [-0.25, -0.2) is 8.78 Å². The van der Waals surface area contributed by atoms with Gasteiger partial charge in [0, 0.05) is 16.8 Å². The van der Waals surface area contributed by atoms with Crippen LogP contribution in [-0.2, 0) is 4.79 Å². The van der Waals surface area contributed by atoms with Gasteiger partial charge in [-0.3, -0.25) is 9.59 Å². The van der Waals surface area contributed by atoms with E-state index in [1.165, 1.54) is 6.92 Å². The monoisotopic (exact) mass is 472 g/mol. The van der Waals surface area contributed by atoms with Crippen LogP contribution in [0.3, 0.4) is 0 Å². The summed E-state index contributed by atoms with van der Waals surface area (Å²) in [7, 11) is 0. The number of nitrogens with one attached hydrogen (secondary N) is 2. The van der Waals surface area contributed by atoms with E-state index in [4.69, 9.17) is 16.7 Å². The number of hydrogen-bond acceptors (Lipinski definition) is 3. The number of hydrogen-bond donors (Lipinski definition) is 3. The maximum absolute atomic E-state index is 14.6. The zero-order chi connectivity index (χ0) is 24.3. The van der Waals surface area contributed by atoms with Crippen LogP contribution in [0.4, 0.5) is 14.5 Å². The van der Waals surface area contributed by atoms with E-state index in [-0.39, 0.29) is 11.6 Å². The van der Waals surface area contributed by atoms with Crippen molar-refractivity contribution in [1.82, 2.24) is 5.32 Å². The molecule has 1 amide bonds. The Kier molecular flexibility index (Phi) is 7.33. The molecule has 2 atom stereocenters. The molecule has 0 aromatic heterocycles. The summed E-state index contributed by atoms with van der Waals surface area (Å²) in [5, 5.41) is 15.0. The predicted octanol–water partition coefficient (Wildman–Crippen LogP) is 5.97. The van der Waals surface area contributed by atoms with Gasteiger partial charge in [0.25, 0.3) is 5.91 Å². The molecule has 33 heavy (non-hydrogen) atoms. The Morgan fingerprint density at radius 2 is 1.64 bits per heavy atom. The first kappa shape index (κ1) is 24.2. The van der Waals surface area contributed by atoms with Crippen molar-refractivity contribution in [2.75, 3.05) is 5.32 Å². The van der Waals surface area contributed by atoms with E-state index in [9.17, 15) is 18.4 Å². The van der Waals surface area contributed by atoms with Crippen LogP contribution in [0.15, 0.2) is 54.6 Å². The minimum atomic E-state index is -1.31. The van der Waals surface area contributed by atoms with E-state index in [2.05, 4.69) is 10.6 Å². The van der Waals surface area contributed by atoms with Gasteiger partial charge in [-0.15, -0.1) is 0 Å². The maximum Gasteiger partial charge on any atom is 0.325 e. The van der Waals surface area contributed by atoms with Gasteiger partial charge in [0.05, 0.1) is 0 Å². The normalized spacial score (nSPS) is 12.7. The molecule has 0 bridgehead atoms. The van der Waals surface area contributed by atoms with Crippen LogP contribution in [0, 0.1) is 18.6 Å². The Morgan fingerprint density at radius 3 is 2.24 bits per heavy atom. The molecule has 3 aromatic carbocycles. The largest absolute Gasteiger partial charge is 0.480 e. The maximum atomic E-state index is 14.6. The molecule has 8 heteroatoms. The third-order valence-corrected chi connectivity index (χ3v) is 5.67. The molecule has 3 rings (SSSR count). The lowest BCUT2D eigenvalue weighted by atomic mass is 10.0. The summed E-state index contributed by atoms with van der Waals surface area (Å²) < 4.78 is 29.3. The zero-order valence-electron chi connectivity index (χ0n) is 18.2. The molecule has 1 unspecified atom stereocenters. The first-order chi connectivity index (χ1) is 15.6. The number of aryl methyl sites for hydroxylation is 1. The minimum Gasteiger partial charge on any atom is -0.480 e. The van der Waals surface area contributed by atoms with Gasteiger partial charge >= 0.3 is 5.97 Å². The van der Waals surface area contributed by atoms with Crippen molar-refractivity contribution in [3.05, 3.63) is 87.9 Å². The Balaban J connectivity index is 1.84. The van der Waals surface area contributed by atoms with E-state index in [0.717, 1.165) is 28.9 Å². The van der Waals surface area contributed by atoms with Crippen molar-refractivity contribution >= 4 is 29.2 Å². The number of carboxylic acids is 1. The smallest absolute Gasteiger partial charge is 0.325 e. The highest BCUT2D eigenvalue weighted by molar-refractivity contribution is 6.31.